The highest BCUT2D eigenvalue weighted by Gasteiger charge is 2.26. The van der Waals surface area contributed by atoms with Crippen LogP contribution in [0.5, 0.6) is 0 Å². The van der Waals surface area contributed by atoms with Crippen LogP contribution in [0.4, 0.5) is 0 Å². The van der Waals surface area contributed by atoms with Crippen LogP contribution in [0.3, 0.4) is 0 Å². The van der Waals surface area contributed by atoms with Crippen molar-refractivity contribution in [2.24, 2.45) is 0 Å². The van der Waals surface area contributed by atoms with Gasteiger partial charge in [-0.2, -0.15) is 4.72 Å². The van der Waals surface area contributed by atoms with E-state index in [0.717, 1.165) is 14.3 Å². The molecule has 0 aromatic heterocycles. The summed E-state index contributed by atoms with van der Waals surface area (Å²) in [5.41, 5.74) is 1.47. The van der Waals surface area contributed by atoms with E-state index in [9.17, 15) is 21.6 Å². The standard InChI is InChI=1S/C24H26BrN3O5S2/c1-28(2)35(32,33)22-12-8-19(9-13-22)17-26-24(29)23(16-18-6-4-3-5-7-18)27-34(30,31)21-14-10-20(25)11-15-21/h3-15,23,27H,16-17H2,1-2H3,(H,26,29). The number of nitrogens with one attached hydrogen (secondary N) is 2. The van der Waals surface area contributed by atoms with Crippen molar-refractivity contribution >= 4 is 41.9 Å². The van der Waals surface area contributed by atoms with Crippen molar-refractivity contribution in [1.29, 1.82) is 0 Å². The molecule has 3 aromatic carbocycles. The van der Waals surface area contributed by atoms with E-state index in [1.807, 2.05) is 30.3 Å². The van der Waals surface area contributed by atoms with Crippen LogP contribution < -0.4 is 10.0 Å². The van der Waals surface area contributed by atoms with Crippen LogP contribution >= 0.6 is 15.9 Å². The summed E-state index contributed by atoms with van der Waals surface area (Å²) in [5, 5.41) is 2.75. The summed E-state index contributed by atoms with van der Waals surface area (Å²) in [6, 6.07) is 20.3. The summed E-state index contributed by atoms with van der Waals surface area (Å²) in [6.45, 7) is 0.104. The lowest BCUT2D eigenvalue weighted by molar-refractivity contribution is -0.122. The molecule has 0 fully saturated rings. The lowest BCUT2D eigenvalue weighted by atomic mass is 10.1. The lowest BCUT2D eigenvalue weighted by Gasteiger charge is -2.19. The van der Waals surface area contributed by atoms with E-state index in [4.69, 9.17) is 0 Å². The third kappa shape index (κ3) is 7.21. The molecular formula is C24H26BrN3O5S2. The minimum absolute atomic E-state index is 0.0456. The average molecular weight is 581 g/mol. The molecule has 3 rings (SSSR count). The van der Waals surface area contributed by atoms with Crippen molar-refractivity contribution in [3.8, 4) is 0 Å². The minimum Gasteiger partial charge on any atom is -0.351 e. The van der Waals surface area contributed by atoms with Crippen molar-refractivity contribution in [3.05, 3.63) is 94.5 Å². The number of nitrogens with zero attached hydrogens (tertiary/aromatic N) is 1. The highest BCUT2D eigenvalue weighted by atomic mass is 79.9. The number of carbonyl (C=O) groups excluding carboxylic acids is 1. The Balaban J connectivity index is 1.76. The molecule has 0 saturated carbocycles. The summed E-state index contributed by atoms with van der Waals surface area (Å²) in [5.74, 6) is -0.500. The number of halogens is 1. The van der Waals surface area contributed by atoms with Crippen LogP contribution in [0.15, 0.2) is 93.1 Å². The number of hydrogen-bond donors (Lipinski definition) is 2. The van der Waals surface area contributed by atoms with Gasteiger partial charge in [-0.15, -0.1) is 0 Å². The quantitative estimate of drug-likeness (QED) is 0.383. The predicted octanol–water partition coefficient (Wildman–Crippen LogP) is 2.91. The fourth-order valence-electron chi connectivity index (χ4n) is 3.21. The van der Waals surface area contributed by atoms with Gasteiger partial charge >= 0.3 is 0 Å². The number of sulfonamides is 2. The monoisotopic (exact) mass is 579 g/mol. The lowest BCUT2D eigenvalue weighted by Crippen LogP contribution is -2.47. The molecule has 0 aliphatic carbocycles. The number of rotatable bonds is 10. The number of benzene rings is 3. The first kappa shape index (κ1) is 27.0. The van der Waals surface area contributed by atoms with Gasteiger partial charge in [0, 0.05) is 25.1 Å². The summed E-state index contributed by atoms with van der Waals surface area (Å²) in [4.78, 5) is 13.2. The zero-order valence-electron chi connectivity index (χ0n) is 19.2. The molecule has 0 bridgehead atoms. The Morgan fingerprint density at radius 3 is 1.97 bits per heavy atom. The maximum absolute atomic E-state index is 13.1. The molecule has 3 aromatic rings. The third-order valence-electron chi connectivity index (χ3n) is 5.19. The summed E-state index contributed by atoms with van der Waals surface area (Å²) < 4.78 is 54.7. The maximum atomic E-state index is 13.1. The van der Waals surface area contributed by atoms with Gasteiger partial charge in [0.15, 0.2) is 0 Å². The van der Waals surface area contributed by atoms with Crippen LogP contribution in [0, 0.1) is 0 Å². The highest BCUT2D eigenvalue weighted by molar-refractivity contribution is 9.10. The van der Waals surface area contributed by atoms with Gasteiger partial charge in [-0.25, -0.2) is 21.1 Å². The Morgan fingerprint density at radius 1 is 0.829 bits per heavy atom. The normalized spacial score (nSPS) is 12.9. The van der Waals surface area contributed by atoms with E-state index < -0.39 is 32.0 Å². The topological polar surface area (TPSA) is 113 Å². The van der Waals surface area contributed by atoms with Crippen LogP contribution in [-0.4, -0.2) is 47.2 Å². The zero-order chi connectivity index (χ0) is 25.6. The minimum atomic E-state index is -3.96. The number of amides is 1. The molecule has 1 amide bonds. The fraction of sp³-hybridized carbons (Fsp3) is 0.208. The fourth-order valence-corrected chi connectivity index (χ4v) is 5.57. The highest BCUT2D eigenvalue weighted by Crippen LogP contribution is 2.17. The molecule has 0 saturated heterocycles. The Labute approximate surface area is 214 Å². The molecule has 0 spiro atoms. The smallest absolute Gasteiger partial charge is 0.242 e. The first-order valence-electron chi connectivity index (χ1n) is 10.6. The van der Waals surface area contributed by atoms with E-state index in [2.05, 4.69) is 26.0 Å². The van der Waals surface area contributed by atoms with Gasteiger partial charge in [0.2, 0.25) is 26.0 Å². The van der Waals surface area contributed by atoms with Gasteiger partial charge in [0.05, 0.1) is 9.79 Å². The van der Waals surface area contributed by atoms with Gasteiger partial charge in [-0.1, -0.05) is 58.4 Å². The molecule has 8 nitrogen and oxygen atoms in total. The molecule has 35 heavy (non-hydrogen) atoms. The second-order valence-electron chi connectivity index (χ2n) is 7.97. The molecular weight excluding hydrogens is 554 g/mol. The van der Waals surface area contributed by atoms with Crippen molar-refractivity contribution in [2.75, 3.05) is 14.1 Å². The second kappa shape index (κ2) is 11.4. The van der Waals surface area contributed by atoms with Gasteiger partial charge in [-0.05, 0) is 53.9 Å². The van der Waals surface area contributed by atoms with Crippen molar-refractivity contribution < 1.29 is 21.6 Å². The van der Waals surface area contributed by atoms with Crippen LogP contribution in [-0.2, 0) is 37.8 Å². The molecule has 0 heterocycles. The van der Waals surface area contributed by atoms with Gasteiger partial charge < -0.3 is 5.32 Å². The second-order valence-corrected chi connectivity index (χ2v) is 12.7. The number of hydrogen-bond acceptors (Lipinski definition) is 5. The van der Waals surface area contributed by atoms with E-state index in [1.54, 1.807) is 24.3 Å². The van der Waals surface area contributed by atoms with Gasteiger partial charge in [-0.3, -0.25) is 4.79 Å². The predicted molar refractivity (Wildman–Crippen MR) is 138 cm³/mol. The summed E-state index contributed by atoms with van der Waals surface area (Å²) in [7, 11) is -4.61. The summed E-state index contributed by atoms with van der Waals surface area (Å²) in [6.07, 6.45) is 0.155. The number of carbonyl (C=O) groups is 1. The van der Waals surface area contributed by atoms with Gasteiger partial charge in [0.25, 0.3) is 0 Å². The first-order chi connectivity index (χ1) is 16.5. The Kier molecular flexibility index (Phi) is 8.84. The van der Waals surface area contributed by atoms with Gasteiger partial charge in [0.1, 0.15) is 6.04 Å². The molecule has 0 aliphatic rings. The molecule has 2 N–H and O–H groups in total. The Morgan fingerprint density at radius 2 is 1.40 bits per heavy atom. The Hall–Kier alpha value is -2.57. The molecule has 1 atom stereocenters. The molecule has 186 valence electrons. The molecule has 0 radical (unpaired) electrons. The van der Waals surface area contributed by atoms with Crippen LogP contribution in [0.1, 0.15) is 11.1 Å². The van der Waals surface area contributed by atoms with E-state index >= 15 is 0 Å². The Bertz CT molecular complexity index is 1360. The molecule has 0 aliphatic heterocycles. The van der Waals surface area contributed by atoms with Crippen molar-refractivity contribution in [1.82, 2.24) is 14.3 Å². The third-order valence-corrected chi connectivity index (χ3v) is 9.03. The molecule has 1 unspecified atom stereocenters. The van der Waals surface area contributed by atoms with Crippen LogP contribution in [0.25, 0.3) is 0 Å². The maximum Gasteiger partial charge on any atom is 0.242 e. The SMILES string of the molecule is CN(C)S(=O)(=O)c1ccc(CNC(=O)C(Cc2ccccc2)NS(=O)(=O)c2ccc(Br)cc2)cc1. The molecule has 11 heteroatoms. The largest absolute Gasteiger partial charge is 0.351 e. The zero-order valence-corrected chi connectivity index (χ0v) is 22.4. The summed E-state index contributed by atoms with van der Waals surface area (Å²) >= 11 is 3.28. The van der Waals surface area contributed by atoms with Crippen molar-refractivity contribution in [3.63, 3.8) is 0 Å². The first-order valence-corrected chi connectivity index (χ1v) is 14.3. The van der Waals surface area contributed by atoms with Crippen molar-refractivity contribution in [2.45, 2.75) is 28.8 Å². The van der Waals surface area contributed by atoms with Crippen LogP contribution in [0.2, 0.25) is 0 Å². The average Bonchev–Trinajstić information content (AvgIpc) is 2.83. The van der Waals surface area contributed by atoms with E-state index in [1.165, 1.54) is 38.4 Å². The van der Waals surface area contributed by atoms with E-state index in [-0.39, 0.29) is 22.8 Å². The van der Waals surface area contributed by atoms with E-state index in [0.29, 0.717) is 5.56 Å².